The molecule has 9 heteroatoms. The van der Waals surface area contributed by atoms with Crippen LogP contribution in [0.1, 0.15) is 19.4 Å². The number of aromatic nitrogens is 2. The monoisotopic (exact) mass is 638 g/mol. The van der Waals surface area contributed by atoms with E-state index < -0.39 is 24.4 Å². The highest BCUT2D eigenvalue weighted by atomic mass is 32.2. The molecule has 222 valence electrons. The predicted octanol–water partition coefficient (Wildman–Crippen LogP) is 8.04. The highest BCUT2D eigenvalue weighted by molar-refractivity contribution is 7.91. The molecule has 44 heavy (non-hydrogen) atoms. The van der Waals surface area contributed by atoms with E-state index in [0.29, 0.717) is 10.6 Å². The number of nitrogens with zero attached hydrogens (tertiary/aromatic N) is 2. The van der Waals surface area contributed by atoms with Crippen LogP contribution in [0.2, 0.25) is 0 Å². The van der Waals surface area contributed by atoms with Gasteiger partial charge in [0.15, 0.2) is 19.7 Å². The predicted molar refractivity (Wildman–Crippen MR) is 180 cm³/mol. The zero-order valence-corrected chi connectivity index (χ0v) is 27.1. The summed E-state index contributed by atoms with van der Waals surface area (Å²) in [5.41, 5.74) is 6.60. The molecular weight excluding hydrogens is 609 g/mol. The lowest BCUT2D eigenvalue weighted by atomic mass is 9.92. The molecule has 0 fully saturated rings. The lowest BCUT2D eigenvalue weighted by Crippen LogP contribution is -2.28. The lowest BCUT2D eigenvalue weighted by Gasteiger charge is -2.24. The van der Waals surface area contributed by atoms with Gasteiger partial charge in [-0.25, -0.2) is 21.8 Å². The second kappa shape index (κ2) is 11.1. The van der Waals surface area contributed by atoms with Gasteiger partial charge in [-0.15, -0.1) is 11.3 Å². The van der Waals surface area contributed by atoms with Gasteiger partial charge >= 0.3 is 0 Å². The standard InChI is InChI=1S/C35H30N2O4S3/c1-35(2,44(4,40)41)28-20-25-16-10-18-36-31(25)30(22-28)24-13-8-14-26(19-24)33-32(23-11-6-5-7-12-23)37-34(42-33)27-15-9-17-29(21-27)43(3,38)39/h5-22H,1-4H3. The maximum absolute atomic E-state index is 12.8. The largest absolute Gasteiger partial charge is 0.256 e. The molecule has 0 bridgehead atoms. The molecule has 0 aliphatic heterocycles. The smallest absolute Gasteiger partial charge is 0.175 e. The van der Waals surface area contributed by atoms with E-state index in [1.54, 1.807) is 38.2 Å². The Kier molecular flexibility index (Phi) is 7.52. The second-order valence-corrected chi connectivity index (χ2v) is 16.9. The van der Waals surface area contributed by atoms with Crippen LogP contribution in [0.25, 0.3) is 54.3 Å². The van der Waals surface area contributed by atoms with Crippen LogP contribution in [0.5, 0.6) is 0 Å². The fourth-order valence-corrected chi connectivity index (χ4v) is 7.39. The van der Waals surface area contributed by atoms with E-state index in [9.17, 15) is 16.8 Å². The van der Waals surface area contributed by atoms with E-state index in [-0.39, 0.29) is 4.90 Å². The minimum absolute atomic E-state index is 0.242. The number of hydrogen-bond acceptors (Lipinski definition) is 7. The van der Waals surface area contributed by atoms with Gasteiger partial charge in [0.1, 0.15) is 5.01 Å². The van der Waals surface area contributed by atoms with Crippen LogP contribution in [0.4, 0.5) is 0 Å². The van der Waals surface area contributed by atoms with Crippen molar-refractivity contribution in [3.8, 4) is 43.4 Å². The zero-order chi connectivity index (χ0) is 31.3. The van der Waals surface area contributed by atoms with E-state index >= 15 is 0 Å². The summed E-state index contributed by atoms with van der Waals surface area (Å²) >= 11 is 1.50. The maximum Gasteiger partial charge on any atom is 0.175 e. The first kappa shape index (κ1) is 29.9. The van der Waals surface area contributed by atoms with E-state index in [1.807, 2.05) is 78.9 Å². The van der Waals surface area contributed by atoms with Crippen LogP contribution < -0.4 is 0 Å². The Hall–Kier alpha value is -4.18. The summed E-state index contributed by atoms with van der Waals surface area (Å²) in [7, 11) is -6.80. The molecular formula is C35H30N2O4S3. The molecule has 2 aromatic heterocycles. The van der Waals surface area contributed by atoms with Gasteiger partial charge in [0.05, 0.1) is 25.7 Å². The van der Waals surface area contributed by atoms with Gasteiger partial charge in [-0.2, -0.15) is 0 Å². The quantitative estimate of drug-likeness (QED) is 0.176. The van der Waals surface area contributed by atoms with E-state index in [1.165, 1.54) is 23.8 Å². The Bertz CT molecular complexity index is 2260. The topological polar surface area (TPSA) is 94.1 Å². The second-order valence-electron chi connectivity index (χ2n) is 11.3. The van der Waals surface area contributed by atoms with Crippen molar-refractivity contribution in [3.63, 3.8) is 0 Å². The first-order valence-corrected chi connectivity index (χ1v) is 18.5. The van der Waals surface area contributed by atoms with Gasteiger partial charge in [-0.05, 0) is 66.9 Å². The number of rotatable bonds is 7. The van der Waals surface area contributed by atoms with E-state index in [4.69, 9.17) is 4.98 Å². The zero-order valence-electron chi connectivity index (χ0n) is 24.6. The van der Waals surface area contributed by atoms with Gasteiger partial charge in [-0.1, -0.05) is 66.7 Å². The lowest BCUT2D eigenvalue weighted by molar-refractivity contribution is 0.561. The Morgan fingerprint density at radius 3 is 2.09 bits per heavy atom. The summed E-state index contributed by atoms with van der Waals surface area (Å²) in [5, 5.41) is 1.57. The van der Waals surface area contributed by atoms with Crippen LogP contribution in [0, 0.1) is 0 Å². The SMILES string of the molecule is CC(C)(c1cc(-c2cccc(-c3sc(-c4cccc(S(C)(=O)=O)c4)nc3-c3ccccc3)c2)c2ncccc2c1)S(C)(=O)=O. The van der Waals surface area contributed by atoms with Gasteiger partial charge in [0.2, 0.25) is 0 Å². The minimum atomic E-state index is -3.41. The number of fused-ring (bicyclic) bond motifs is 1. The molecule has 0 amide bonds. The number of hydrogen-bond donors (Lipinski definition) is 0. The van der Waals surface area contributed by atoms with Crippen LogP contribution in [-0.4, -0.2) is 39.3 Å². The van der Waals surface area contributed by atoms with Gasteiger partial charge in [0, 0.05) is 40.8 Å². The molecule has 6 rings (SSSR count). The molecule has 0 spiro atoms. The molecule has 4 aromatic carbocycles. The first-order valence-electron chi connectivity index (χ1n) is 13.9. The third-order valence-corrected chi connectivity index (χ3v) is 12.3. The Morgan fingerprint density at radius 1 is 0.682 bits per heavy atom. The molecule has 0 aliphatic rings. The summed E-state index contributed by atoms with van der Waals surface area (Å²) < 4.78 is 49.0. The molecule has 6 aromatic rings. The average Bonchev–Trinajstić information content (AvgIpc) is 3.46. The van der Waals surface area contributed by atoms with Crippen LogP contribution in [0.15, 0.2) is 114 Å². The molecule has 0 aliphatic carbocycles. The Labute approximate surface area is 261 Å². The van der Waals surface area contributed by atoms with Crippen molar-refractivity contribution in [2.75, 3.05) is 12.5 Å². The van der Waals surface area contributed by atoms with Crippen molar-refractivity contribution < 1.29 is 16.8 Å². The molecule has 0 saturated heterocycles. The molecule has 0 atom stereocenters. The fraction of sp³-hybridized carbons (Fsp3) is 0.143. The summed E-state index contributed by atoms with van der Waals surface area (Å²) in [4.78, 5) is 10.9. The number of sulfone groups is 2. The van der Waals surface area contributed by atoms with Crippen LogP contribution >= 0.6 is 11.3 Å². The number of pyridine rings is 1. The average molecular weight is 639 g/mol. The molecule has 0 saturated carbocycles. The summed E-state index contributed by atoms with van der Waals surface area (Å²) in [6.07, 6.45) is 4.20. The third-order valence-electron chi connectivity index (χ3n) is 7.95. The van der Waals surface area contributed by atoms with Gasteiger partial charge < -0.3 is 0 Å². The van der Waals surface area contributed by atoms with Gasteiger partial charge in [0.25, 0.3) is 0 Å². The first-order chi connectivity index (χ1) is 20.8. The van der Waals surface area contributed by atoms with Crippen molar-refractivity contribution in [2.24, 2.45) is 0 Å². The minimum Gasteiger partial charge on any atom is -0.256 e. The Balaban J connectivity index is 1.55. The molecule has 0 N–H and O–H groups in total. The molecule has 6 nitrogen and oxygen atoms in total. The number of thiazole rings is 1. The molecule has 0 radical (unpaired) electrons. The van der Waals surface area contributed by atoms with Crippen molar-refractivity contribution in [2.45, 2.75) is 23.5 Å². The van der Waals surface area contributed by atoms with E-state index in [2.05, 4.69) is 11.1 Å². The van der Waals surface area contributed by atoms with E-state index in [0.717, 1.165) is 49.3 Å². The molecule has 2 heterocycles. The third kappa shape index (κ3) is 5.58. The van der Waals surface area contributed by atoms with Crippen LogP contribution in [-0.2, 0) is 24.4 Å². The van der Waals surface area contributed by atoms with Crippen molar-refractivity contribution in [1.82, 2.24) is 9.97 Å². The highest BCUT2D eigenvalue weighted by Crippen LogP contribution is 2.43. The fourth-order valence-electron chi connectivity index (χ4n) is 5.09. The van der Waals surface area contributed by atoms with Gasteiger partial charge in [-0.3, -0.25) is 4.98 Å². The van der Waals surface area contributed by atoms with Crippen LogP contribution in [0.3, 0.4) is 0 Å². The summed E-state index contributed by atoms with van der Waals surface area (Å²) in [5.74, 6) is 0. The summed E-state index contributed by atoms with van der Waals surface area (Å²) in [6.45, 7) is 3.45. The van der Waals surface area contributed by atoms with Crippen molar-refractivity contribution >= 4 is 41.9 Å². The summed E-state index contributed by atoms with van der Waals surface area (Å²) in [6, 6.07) is 32.5. The number of benzene rings is 4. The van der Waals surface area contributed by atoms with Crippen molar-refractivity contribution in [3.05, 3.63) is 115 Å². The Morgan fingerprint density at radius 2 is 1.36 bits per heavy atom. The maximum atomic E-state index is 12.8. The highest BCUT2D eigenvalue weighted by Gasteiger charge is 2.33. The molecule has 0 unspecified atom stereocenters. The van der Waals surface area contributed by atoms with Crippen molar-refractivity contribution in [1.29, 1.82) is 0 Å². The normalized spacial score (nSPS) is 12.5.